The van der Waals surface area contributed by atoms with Crippen molar-refractivity contribution in [2.24, 2.45) is 0 Å². The maximum absolute atomic E-state index is 12.2. The lowest BCUT2D eigenvalue weighted by atomic mass is 10.2. The lowest BCUT2D eigenvalue weighted by molar-refractivity contribution is -0.113. The molecule has 0 unspecified atom stereocenters. The summed E-state index contributed by atoms with van der Waals surface area (Å²) in [4.78, 5) is 12.2. The van der Waals surface area contributed by atoms with Crippen molar-refractivity contribution >= 4 is 34.1 Å². The lowest BCUT2D eigenvalue weighted by Gasteiger charge is -2.07. The molecule has 1 amide bonds. The highest BCUT2D eigenvalue weighted by molar-refractivity contribution is 8.00. The fourth-order valence-electron chi connectivity index (χ4n) is 2.41. The van der Waals surface area contributed by atoms with Crippen LogP contribution in [-0.4, -0.2) is 28.7 Å². The van der Waals surface area contributed by atoms with Crippen molar-refractivity contribution in [3.8, 4) is 11.5 Å². The van der Waals surface area contributed by atoms with Crippen molar-refractivity contribution in [3.05, 3.63) is 48.7 Å². The molecule has 0 spiro atoms. The molecule has 3 aromatic rings. The van der Waals surface area contributed by atoms with Gasteiger partial charge in [-0.15, -0.1) is 5.10 Å². The van der Waals surface area contributed by atoms with Crippen LogP contribution in [0.5, 0.6) is 11.5 Å². The Morgan fingerprint density at radius 1 is 1.17 bits per heavy atom. The first-order chi connectivity index (χ1) is 11.8. The van der Waals surface area contributed by atoms with Gasteiger partial charge in [-0.05, 0) is 12.1 Å². The average molecular weight is 339 g/mol. The highest BCUT2D eigenvalue weighted by atomic mass is 32.2. The van der Waals surface area contributed by atoms with Crippen molar-refractivity contribution < 1.29 is 14.3 Å². The van der Waals surface area contributed by atoms with Crippen molar-refractivity contribution in [1.82, 2.24) is 10.2 Å². The highest BCUT2D eigenvalue weighted by Crippen LogP contribution is 2.34. The van der Waals surface area contributed by atoms with E-state index in [1.807, 2.05) is 24.3 Å². The fraction of sp³-hybridized carbons (Fsp3) is 0.118. The van der Waals surface area contributed by atoms with Crippen LogP contribution in [0.15, 0.2) is 53.7 Å². The number of hydrogen-bond acceptors (Lipinski definition) is 6. The van der Waals surface area contributed by atoms with Crippen molar-refractivity contribution in [2.75, 3.05) is 17.9 Å². The van der Waals surface area contributed by atoms with E-state index in [2.05, 4.69) is 15.5 Å². The normalized spacial score (nSPS) is 12.3. The second-order valence-corrected chi connectivity index (χ2v) is 6.11. The summed E-state index contributed by atoms with van der Waals surface area (Å²) in [6.07, 6.45) is 1.71. The van der Waals surface area contributed by atoms with Gasteiger partial charge < -0.3 is 14.8 Å². The van der Waals surface area contributed by atoms with E-state index in [0.717, 1.165) is 15.8 Å². The number of amides is 1. The van der Waals surface area contributed by atoms with E-state index in [9.17, 15) is 4.79 Å². The minimum atomic E-state index is -0.117. The largest absolute Gasteiger partial charge is 0.454 e. The van der Waals surface area contributed by atoms with Crippen molar-refractivity contribution in [1.29, 1.82) is 0 Å². The van der Waals surface area contributed by atoms with Gasteiger partial charge in [-0.3, -0.25) is 4.79 Å². The van der Waals surface area contributed by atoms with E-state index >= 15 is 0 Å². The van der Waals surface area contributed by atoms with Gasteiger partial charge >= 0.3 is 0 Å². The molecule has 0 atom stereocenters. The first-order valence-corrected chi connectivity index (χ1v) is 8.31. The molecule has 0 fully saturated rings. The summed E-state index contributed by atoms with van der Waals surface area (Å²) in [6.45, 7) is 0.211. The van der Waals surface area contributed by atoms with E-state index < -0.39 is 0 Å². The number of carbonyl (C=O) groups excluding carboxylic acids is 1. The van der Waals surface area contributed by atoms with E-state index in [-0.39, 0.29) is 18.5 Å². The van der Waals surface area contributed by atoms with Gasteiger partial charge in [0.05, 0.1) is 11.9 Å². The Hall–Kier alpha value is -2.80. The van der Waals surface area contributed by atoms with Crippen LogP contribution in [0.3, 0.4) is 0 Å². The summed E-state index contributed by atoms with van der Waals surface area (Å²) in [5.41, 5.74) is 0.675. The first kappa shape index (κ1) is 14.8. The molecule has 4 rings (SSSR count). The number of aromatic nitrogens is 2. The Morgan fingerprint density at radius 3 is 3.00 bits per heavy atom. The Labute approximate surface area is 142 Å². The number of benzene rings is 2. The predicted octanol–water partition coefficient (Wildman–Crippen LogP) is 3.09. The summed E-state index contributed by atoms with van der Waals surface area (Å²) in [7, 11) is 0. The molecule has 0 aliphatic carbocycles. The molecular formula is C17H13N3O3S. The molecular weight excluding hydrogens is 326 g/mol. The third kappa shape index (κ3) is 2.98. The summed E-state index contributed by atoms with van der Waals surface area (Å²) < 4.78 is 10.6. The summed E-state index contributed by atoms with van der Waals surface area (Å²) in [6, 6.07) is 13.2. The molecule has 1 aliphatic heterocycles. The quantitative estimate of drug-likeness (QED) is 0.737. The second-order valence-electron chi connectivity index (χ2n) is 5.14. The van der Waals surface area contributed by atoms with Gasteiger partial charge in [-0.2, -0.15) is 5.10 Å². The number of nitrogens with zero attached hydrogens (tertiary/aromatic N) is 2. The van der Waals surface area contributed by atoms with Crippen LogP contribution in [0.1, 0.15) is 0 Å². The Kier molecular flexibility index (Phi) is 3.92. The molecule has 1 aliphatic rings. The van der Waals surface area contributed by atoms with Gasteiger partial charge in [0.2, 0.25) is 12.7 Å². The molecule has 120 valence electrons. The number of ether oxygens (including phenoxy) is 2. The molecule has 2 heterocycles. The monoisotopic (exact) mass is 339 g/mol. The zero-order chi connectivity index (χ0) is 16.4. The van der Waals surface area contributed by atoms with Crippen LogP contribution in [0, 0.1) is 0 Å². The fourth-order valence-corrected chi connectivity index (χ4v) is 3.20. The minimum Gasteiger partial charge on any atom is -0.454 e. The first-order valence-electron chi connectivity index (χ1n) is 7.32. The molecule has 2 aromatic carbocycles. The van der Waals surface area contributed by atoms with Gasteiger partial charge in [-0.1, -0.05) is 36.0 Å². The van der Waals surface area contributed by atoms with Gasteiger partial charge in [0.1, 0.15) is 5.03 Å². The SMILES string of the molecule is O=C(CSc1nncc2ccccc12)Nc1ccc2c(c1)OCO2. The Morgan fingerprint density at radius 2 is 2.04 bits per heavy atom. The molecule has 24 heavy (non-hydrogen) atoms. The number of hydrogen-bond donors (Lipinski definition) is 1. The van der Waals surface area contributed by atoms with Crippen molar-refractivity contribution in [2.45, 2.75) is 5.03 Å². The molecule has 6 nitrogen and oxygen atoms in total. The lowest BCUT2D eigenvalue weighted by Crippen LogP contribution is -2.14. The number of rotatable bonds is 4. The topological polar surface area (TPSA) is 73.3 Å². The van der Waals surface area contributed by atoms with Crippen LogP contribution in [-0.2, 0) is 4.79 Å². The third-order valence-electron chi connectivity index (χ3n) is 3.53. The van der Waals surface area contributed by atoms with Crippen LogP contribution in [0.2, 0.25) is 0 Å². The molecule has 1 aromatic heterocycles. The maximum atomic E-state index is 12.2. The van der Waals surface area contributed by atoms with Crippen LogP contribution >= 0.6 is 11.8 Å². The highest BCUT2D eigenvalue weighted by Gasteiger charge is 2.14. The summed E-state index contributed by atoms with van der Waals surface area (Å²) in [5.74, 6) is 1.46. The molecule has 7 heteroatoms. The molecule has 0 saturated heterocycles. The van der Waals surface area contributed by atoms with E-state index in [4.69, 9.17) is 9.47 Å². The minimum absolute atomic E-state index is 0.117. The molecule has 0 saturated carbocycles. The summed E-state index contributed by atoms with van der Waals surface area (Å²) in [5, 5.41) is 13.7. The zero-order valence-electron chi connectivity index (χ0n) is 12.6. The van der Waals surface area contributed by atoms with E-state index in [1.54, 1.807) is 24.4 Å². The van der Waals surface area contributed by atoms with Crippen LogP contribution in [0.4, 0.5) is 5.69 Å². The average Bonchev–Trinajstić information content (AvgIpc) is 3.07. The molecule has 0 radical (unpaired) electrons. The van der Waals surface area contributed by atoms with Gasteiger partial charge in [0.15, 0.2) is 11.5 Å². The number of anilines is 1. The number of fused-ring (bicyclic) bond motifs is 2. The third-order valence-corrected chi connectivity index (χ3v) is 4.51. The molecule has 0 bridgehead atoms. The molecule has 1 N–H and O–H groups in total. The number of carbonyl (C=O) groups is 1. The zero-order valence-corrected chi connectivity index (χ0v) is 13.4. The van der Waals surface area contributed by atoms with Gasteiger partial charge in [-0.25, -0.2) is 0 Å². The van der Waals surface area contributed by atoms with E-state index in [1.165, 1.54) is 11.8 Å². The van der Waals surface area contributed by atoms with Gasteiger partial charge in [0.25, 0.3) is 0 Å². The Bertz CT molecular complexity index is 911. The van der Waals surface area contributed by atoms with Gasteiger partial charge in [0, 0.05) is 22.5 Å². The van der Waals surface area contributed by atoms with Crippen LogP contribution in [0.25, 0.3) is 10.8 Å². The maximum Gasteiger partial charge on any atom is 0.234 e. The standard InChI is InChI=1S/C17H13N3O3S/c21-16(19-12-5-6-14-15(7-12)23-10-22-14)9-24-17-13-4-2-1-3-11(13)8-18-20-17/h1-8H,9-10H2,(H,19,21). The van der Waals surface area contributed by atoms with E-state index in [0.29, 0.717) is 17.2 Å². The second kappa shape index (κ2) is 6.37. The van der Waals surface area contributed by atoms with Crippen molar-refractivity contribution in [3.63, 3.8) is 0 Å². The summed E-state index contributed by atoms with van der Waals surface area (Å²) >= 11 is 1.36. The number of thioether (sulfide) groups is 1. The van der Waals surface area contributed by atoms with Crippen LogP contribution < -0.4 is 14.8 Å². The Balaban J connectivity index is 1.43. The number of nitrogens with one attached hydrogen (secondary N) is 1. The smallest absolute Gasteiger partial charge is 0.234 e. The predicted molar refractivity (Wildman–Crippen MR) is 91.5 cm³/mol.